The number of aromatic amines is 1. The van der Waals surface area contributed by atoms with Gasteiger partial charge in [0.05, 0.1) is 26.1 Å². The zero-order chi connectivity index (χ0) is 24.5. The summed E-state index contributed by atoms with van der Waals surface area (Å²) in [5.74, 6) is 1.44. The van der Waals surface area contributed by atoms with E-state index < -0.39 is 16.1 Å². The molecule has 34 heavy (non-hydrogen) atoms. The molecule has 186 valence electrons. The number of hydrogen-bond acceptors (Lipinski definition) is 7. The predicted molar refractivity (Wildman–Crippen MR) is 129 cm³/mol. The summed E-state index contributed by atoms with van der Waals surface area (Å²) in [5.41, 5.74) is 1.99. The summed E-state index contributed by atoms with van der Waals surface area (Å²) in [6.07, 6.45) is 3.16. The number of methoxy groups -OCH3 is 1. The molecule has 2 aliphatic rings. The minimum absolute atomic E-state index is 0.0924. The molecule has 1 amide bonds. The van der Waals surface area contributed by atoms with E-state index in [0.717, 1.165) is 31.4 Å². The molecule has 2 fully saturated rings. The number of benzene rings is 1. The highest BCUT2D eigenvalue weighted by atomic mass is 35.5. The number of likely N-dealkylation sites (tertiary alicyclic amines) is 1. The fourth-order valence-corrected chi connectivity index (χ4v) is 6.12. The van der Waals surface area contributed by atoms with Crippen LogP contribution in [0.1, 0.15) is 31.1 Å². The smallest absolute Gasteiger partial charge is 0.411 e. The molecule has 0 unspecified atom stereocenters. The fraction of sp³-hybridized carbons (Fsp3) is 0.545. The van der Waals surface area contributed by atoms with Crippen molar-refractivity contribution >= 4 is 33.4 Å². The number of aromatic nitrogens is 2. The monoisotopic (exact) mass is 511 g/mol. The molecule has 12 heteroatoms. The van der Waals surface area contributed by atoms with Crippen LogP contribution in [-0.2, 0) is 14.8 Å². The van der Waals surface area contributed by atoms with Gasteiger partial charge in [-0.05, 0) is 43.2 Å². The van der Waals surface area contributed by atoms with Crippen LogP contribution >= 0.6 is 11.6 Å². The number of imidazole rings is 1. The molecular formula is C22H30ClN5O5S. The second-order valence-corrected chi connectivity index (χ2v) is 11.3. The van der Waals surface area contributed by atoms with E-state index >= 15 is 0 Å². The molecule has 1 aromatic heterocycles. The number of nitrogens with one attached hydrogen (secondary N) is 2. The Morgan fingerprint density at radius 2 is 1.94 bits per heavy atom. The number of anilines is 1. The quantitative estimate of drug-likeness (QED) is 0.544. The van der Waals surface area contributed by atoms with Gasteiger partial charge in [0.25, 0.3) is 0 Å². The number of hydrogen-bond donors (Lipinski definition) is 3. The SMILES string of the molecule is COC(=O)Nc1ccc(-c2nc([C@@H]3C[C@H](C4CCN(S(C)(=O)=O)CC4)CN3CO)[nH]c2Cl)cc1. The maximum atomic E-state index is 11.8. The number of carbonyl (C=O) groups excluding carboxylic acids is 1. The summed E-state index contributed by atoms with van der Waals surface area (Å²) in [5, 5.41) is 13.0. The van der Waals surface area contributed by atoms with Crippen LogP contribution in [0.4, 0.5) is 10.5 Å². The van der Waals surface area contributed by atoms with E-state index in [-0.39, 0.29) is 12.8 Å². The number of carbonyl (C=O) groups is 1. The van der Waals surface area contributed by atoms with Gasteiger partial charge < -0.3 is 14.8 Å². The number of sulfonamides is 1. The van der Waals surface area contributed by atoms with E-state index in [0.29, 0.717) is 47.3 Å². The average Bonchev–Trinajstić information content (AvgIpc) is 3.42. The van der Waals surface area contributed by atoms with Crippen LogP contribution in [0.25, 0.3) is 11.3 Å². The van der Waals surface area contributed by atoms with Crippen LogP contribution in [0.5, 0.6) is 0 Å². The Kier molecular flexibility index (Phi) is 7.48. The molecule has 3 N–H and O–H groups in total. The van der Waals surface area contributed by atoms with Gasteiger partial charge in [-0.25, -0.2) is 22.5 Å². The third-order valence-corrected chi connectivity index (χ3v) is 8.41. The first-order chi connectivity index (χ1) is 16.2. The number of H-pyrrole nitrogens is 1. The van der Waals surface area contributed by atoms with E-state index in [9.17, 15) is 18.3 Å². The van der Waals surface area contributed by atoms with Gasteiger partial charge in [-0.1, -0.05) is 23.7 Å². The highest BCUT2D eigenvalue weighted by Crippen LogP contribution is 2.42. The van der Waals surface area contributed by atoms with Crippen molar-refractivity contribution in [2.24, 2.45) is 11.8 Å². The Labute approximate surface area is 204 Å². The Balaban J connectivity index is 1.46. The predicted octanol–water partition coefficient (Wildman–Crippen LogP) is 2.89. The summed E-state index contributed by atoms with van der Waals surface area (Å²) in [6.45, 7) is 1.72. The number of rotatable bonds is 6. The van der Waals surface area contributed by atoms with Crippen molar-refractivity contribution in [3.05, 3.63) is 35.2 Å². The molecule has 0 saturated carbocycles. The van der Waals surface area contributed by atoms with E-state index in [1.54, 1.807) is 16.4 Å². The second-order valence-electron chi connectivity index (χ2n) is 8.90. The molecule has 10 nitrogen and oxygen atoms in total. The summed E-state index contributed by atoms with van der Waals surface area (Å²) in [6, 6.07) is 7.01. The van der Waals surface area contributed by atoms with Crippen molar-refractivity contribution in [2.75, 3.05) is 45.0 Å². The molecule has 1 aromatic carbocycles. The highest BCUT2D eigenvalue weighted by Gasteiger charge is 2.40. The lowest BCUT2D eigenvalue weighted by Gasteiger charge is -2.33. The van der Waals surface area contributed by atoms with Crippen molar-refractivity contribution in [1.29, 1.82) is 0 Å². The maximum Gasteiger partial charge on any atom is 0.411 e. The molecule has 0 spiro atoms. The Morgan fingerprint density at radius 3 is 2.53 bits per heavy atom. The number of piperidine rings is 1. The van der Waals surface area contributed by atoms with Crippen LogP contribution in [0.3, 0.4) is 0 Å². The molecule has 2 aliphatic heterocycles. The van der Waals surface area contributed by atoms with Crippen molar-refractivity contribution < 1.29 is 23.1 Å². The van der Waals surface area contributed by atoms with Gasteiger partial charge in [-0.2, -0.15) is 0 Å². The molecule has 0 bridgehead atoms. The topological polar surface area (TPSA) is 128 Å². The number of amides is 1. The van der Waals surface area contributed by atoms with Crippen molar-refractivity contribution in [3.8, 4) is 11.3 Å². The van der Waals surface area contributed by atoms with Gasteiger partial charge >= 0.3 is 6.09 Å². The Morgan fingerprint density at radius 1 is 1.26 bits per heavy atom. The summed E-state index contributed by atoms with van der Waals surface area (Å²) in [7, 11) is -1.85. The van der Waals surface area contributed by atoms with E-state index in [1.807, 2.05) is 17.0 Å². The zero-order valence-corrected chi connectivity index (χ0v) is 20.8. The molecule has 2 saturated heterocycles. The average molecular weight is 512 g/mol. The van der Waals surface area contributed by atoms with Crippen molar-refractivity contribution in [2.45, 2.75) is 25.3 Å². The first-order valence-corrected chi connectivity index (χ1v) is 13.4. The lowest BCUT2D eigenvalue weighted by Crippen LogP contribution is -2.39. The molecule has 3 heterocycles. The first kappa shape index (κ1) is 24.9. The Bertz CT molecular complexity index is 1120. The lowest BCUT2D eigenvalue weighted by molar-refractivity contribution is 0.0880. The standard InChI is InChI=1S/C22H30ClN5O5S/c1-33-22(30)24-17-5-3-15(4-6-17)19-20(23)26-21(25-19)18-11-16(12-27(18)13-29)14-7-9-28(10-8-14)34(2,31)32/h3-6,14,16,18,29H,7-13H2,1-2H3,(H,24,30)(H,25,26)/t16-,18-/m0/s1. The molecule has 0 radical (unpaired) electrons. The summed E-state index contributed by atoms with van der Waals surface area (Å²) >= 11 is 6.49. The summed E-state index contributed by atoms with van der Waals surface area (Å²) in [4.78, 5) is 21.3. The van der Waals surface area contributed by atoms with Gasteiger partial charge in [0.1, 0.15) is 16.7 Å². The third kappa shape index (κ3) is 5.38. The number of aliphatic hydroxyl groups excluding tert-OH is 1. The van der Waals surface area contributed by atoms with Crippen molar-refractivity contribution in [3.63, 3.8) is 0 Å². The van der Waals surface area contributed by atoms with Crippen LogP contribution < -0.4 is 5.32 Å². The minimum atomic E-state index is -3.15. The normalized spacial score (nSPS) is 22.7. The number of nitrogens with zero attached hydrogens (tertiary/aromatic N) is 3. The van der Waals surface area contributed by atoms with Gasteiger partial charge in [0.15, 0.2) is 0 Å². The van der Waals surface area contributed by atoms with Crippen LogP contribution in [0.2, 0.25) is 5.15 Å². The largest absolute Gasteiger partial charge is 0.453 e. The number of aliphatic hydroxyl groups is 1. The first-order valence-electron chi connectivity index (χ1n) is 11.2. The van der Waals surface area contributed by atoms with Gasteiger partial charge in [0.2, 0.25) is 10.0 Å². The molecule has 2 aromatic rings. The molecule has 4 rings (SSSR count). The van der Waals surface area contributed by atoms with Crippen LogP contribution in [0, 0.1) is 11.8 Å². The highest BCUT2D eigenvalue weighted by molar-refractivity contribution is 7.88. The number of halogens is 1. The van der Waals surface area contributed by atoms with Crippen LogP contribution in [0.15, 0.2) is 24.3 Å². The third-order valence-electron chi connectivity index (χ3n) is 6.84. The van der Waals surface area contributed by atoms with Gasteiger partial charge in [-0.3, -0.25) is 10.2 Å². The van der Waals surface area contributed by atoms with Gasteiger partial charge in [0, 0.05) is 30.9 Å². The molecular weight excluding hydrogens is 482 g/mol. The minimum Gasteiger partial charge on any atom is -0.453 e. The second kappa shape index (κ2) is 10.2. The number of ether oxygens (including phenoxy) is 1. The van der Waals surface area contributed by atoms with E-state index in [4.69, 9.17) is 16.6 Å². The summed E-state index contributed by atoms with van der Waals surface area (Å²) < 4.78 is 29.8. The lowest BCUT2D eigenvalue weighted by atomic mass is 9.83. The van der Waals surface area contributed by atoms with Crippen molar-refractivity contribution in [1.82, 2.24) is 19.2 Å². The van der Waals surface area contributed by atoms with E-state index in [2.05, 4.69) is 15.0 Å². The molecule has 0 aliphatic carbocycles. The van der Waals surface area contributed by atoms with E-state index in [1.165, 1.54) is 13.4 Å². The van der Waals surface area contributed by atoms with Gasteiger partial charge in [-0.15, -0.1) is 0 Å². The maximum absolute atomic E-state index is 11.8. The Hall–Kier alpha value is -2.18. The van der Waals surface area contributed by atoms with Crippen LogP contribution in [-0.4, -0.2) is 78.5 Å². The zero-order valence-electron chi connectivity index (χ0n) is 19.2. The molecule has 2 atom stereocenters. The fourth-order valence-electron chi connectivity index (χ4n) is 5.00.